The first kappa shape index (κ1) is 5.08. The Kier molecular flexibility index (Phi) is 0.932. The molecule has 0 amide bonds. The van der Waals surface area contributed by atoms with E-state index < -0.39 is 0 Å². The highest BCUT2D eigenvalue weighted by Crippen LogP contribution is 1.98. The predicted octanol–water partition coefficient (Wildman–Crippen LogP) is -0.294. The summed E-state index contributed by atoms with van der Waals surface area (Å²) in [5.74, 6) is 0.507. The predicted molar refractivity (Wildman–Crippen MR) is 30.2 cm³/mol. The number of anilines is 1. The van der Waals surface area contributed by atoms with Gasteiger partial charge >= 0.3 is 0 Å². The number of aromatic nitrogens is 3. The van der Waals surface area contributed by atoms with Crippen molar-refractivity contribution in [1.82, 2.24) is 15.0 Å². The fourth-order valence-electron chi connectivity index (χ4n) is 0.519. The molecule has 0 aliphatic heterocycles. The summed E-state index contributed by atoms with van der Waals surface area (Å²) >= 11 is 0. The molecule has 8 heavy (non-hydrogen) atoms. The van der Waals surface area contributed by atoms with Gasteiger partial charge in [0.15, 0.2) is 5.82 Å². The first-order valence-corrected chi connectivity index (χ1v) is 2.33. The van der Waals surface area contributed by atoms with E-state index in [9.17, 15) is 0 Å². The number of rotatable bonds is 0. The zero-order chi connectivity index (χ0) is 6.15. The van der Waals surface area contributed by atoms with Crippen LogP contribution in [-0.4, -0.2) is 15.0 Å². The Labute approximate surface area is 47.3 Å². The molecular formula is C4H8N4. The Morgan fingerprint density at radius 1 is 1.50 bits per heavy atom. The monoisotopic (exact) mass is 112 g/mol. The van der Waals surface area contributed by atoms with Gasteiger partial charge in [0.1, 0.15) is 5.69 Å². The molecule has 4 nitrogen and oxygen atoms in total. The van der Waals surface area contributed by atoms with Crippen LogP contribution in [0.5, 0.6) is 0 Å². The van der Waals surface area contributed by atoms with Gasteiger partial charge in [-0.2, -0.15) is 9.90 Å². The van der Waals surface area contributed by atoms with E-state index in [2.05, 4.69) is 10.2 Å². The molecular weight excluding hydrogens is 104 g/mol. The van der Waals surface area contributed by atoms with Crippen LogP contribution < -0.4 is 5.73 Å². The molecule has 44 valence electrons. The summed E-state index contributed by atoms with van der Waals surface area (Å²) in [5.41, 5.74) is 6.13. The SMILES string of the molecule is Cc1nn(C)nc1N. The zero-order valence-corrected chi connectivity index (χ0v) is 4.92. The van der Waals surface area contributed by atoms with Crippen LogP contribution in [0.2, 0.25) is 0 Å². The number of nitrogen functional groups attached to an aromatic ring is 1. The van der Waals surface area contributed by atoms with E-state index >= 15 is 0 Å². The van der Waals surface area contributed by atoms with Gasteiger partial charge in [0.25, 0.3) is 0 Å². The van der Waals surface area contributed by atoms with Gasteiger partial charge in [-0.3, -0.25) is 0 Å². The van der Waals surface area contributed by atoms with Crippen molar-refractivity contribution in [2.24, 2.45) is 7.05 Å². The molecule has 1 heterocycles. The minimum Gasteiger partial charge on any atom is -0.381 e. The second-order valence-corrected chi connectivity index (χ2v) is 1.66. The topological polar surface area (TPSA) is 56.7 Å². The standard InChI is InChI=1S/C4H8N4/c1-3-4(5)7-8(2)6-3/h1-2H3,(H2,5,7). The molecule has 0 spiro atoms. The summed E-state index contributed by atoms with van der Waals surface area (Å²) in [4.78, 5) is 1.45. The van der Waals surface area contributed by atoms with Gasteiger partial charge in [0.05, 0.1) is 0 Å². The van der Waals surface area contributed by atoms with E-state index in [0.717, 1.165) is 5.69 Å². The Bertz CT molecular complexity index is 170. The molecule has 1 aromatic rings. The molecule has 4 heteroatoms. The Balaban J connectivity index is 3.14. The van der Waals surface area contributed by atoms with Gasteiger partial charge < -0.3 is 5.73 Å². The Hall–Kier alpha value is -1.06. The zero-order valence-electron chi connectivity index (χ0n) is 4.92. The van der Waals surface area contributed by atoms with Crippen molar-refractivity contribution in [3.05, 3.63) is 5.69 Å². The minimum absolute atomic E-state index is 0.507. The molecule has 0 atom stereocenters. The van der Waals surface area contributed by atoms with Crippen LogP contribution in [-0.2, 0) is 7.05 Å². The average Bonchev–Trinajstić information content (AvgIpc) is 1.85. The van der Waals surface area contributed by atoms with E-state index in [4.69, 9.17) is 5.73 Å². The smallest absolute Gasteiger partial charge is 0.168 e. The van der Waals surface area contributed by atoms with Crippen LogP contribution >= 0.6 is 0 Å². The van der Waals surface area contributed by atoms with E-state index in [1.54, 1.807) is 7.05 Å². The van der Waals surface area contributed by atoms with E-state index in [-0.39, 0.29) is 0 Å². The molecule has 0 saturated carbocycles. The molecule has 0 bridgehead atoms. The maximum Gasteiger partial charge on any atom is 0.168 e. The first-order valence-electron chi connectivity index (χ1n) is 2.33. The van der Waals surface area contributed by atoms with Gasteiger partial charge in [0.2, 0.25) is 0 Å². The lowest BCUT2D eigenvalue weighted by Gasteiger charge is -1.77. The number of hydrogen-bond acceptors (Lipinski definition) is 3. The molecule has 1 rings (SSSR count). The fourth-order valence-corrected chi connectivity index (χ4v) is 0.519. The van der Waals surface area contributed by atoms with Crippen LogP contribution in [0.4, 0.5) is 5.82 Å². The number of nitrogens with two attached hydrogens (primary N) is 1. The van der Waals surface area contributed by atoms with Crippen molar-refractivity contribution in [2.45, 2.75) is 6.92 Å². The Morgan fingerprint density at radius 3 is 2.25 bits per heavy atom. The quantitative estimate of drug-likeness (QED) is 0.501. The molecule has 0 radical (unpaired) electrons. The molecule has 0 unspecified atom stereocenters. The average molecular weight is 112 g/mol. The second-order valence-electron chi connectivity index (χ2n) is 1.66. The Morgan fingerprint density at radius 2 is 2.12 bits per heavy atom. The molecule has 2 N–H and O–H groups in total. The highest BCUT2D eigenvalue weighted by Gasteiger charge is 1.95. The normalized spacial score (nSPS) is 9.75. The molecule has 0 saturated heterocycles. The lowest BCUT2D eigenvalue weighted by atomic mass is 10.5. The summed E-state index contributed by atoms with van der Waals surface area (Å²) in [7, 11) is 1.74. The summed E-state index contributed by atoms with van der Waals surface area (Å²) in [6.07, 6.45) is 0. The van der Waals surface area contributed by atoms with Crippen molar-refractivity contribution in [3.63, 3.8) is 0 Å². The van der Waals surface area contributed by atoms with Crippen molar-refractivity contribution in [2.75, 3.05) is 5.73 Å². The summed E-state index contributed by atoms with van der Waals surface area (Å²) in [6, 6.07) is 0. The maximum atomic E-state index is 5.35. The lowest BCUT2D eigenvalue weighted by Crippen LogP contribution is -1.92. The molecule has 0 aliphatic carbocycles. The second kappa shape index (κ2) is 1.47. The van der Waals surface area contributed by atoms with Crippen molar-refractivity contribution in [3.8, 4) is 0 Å². The van der Waals surface area contributed by atoms with Crippen molar-refractivity contribution in [1.29, 1.82) is 0 Å². The first-order chi connectivity index (χ1) is 3.70. The largest absolute Gasteiger partial charge is 0.381 e. The molecule has 0 aromatic carbocycles. The van der Waals surface area contributed by atoms with Gasteiger partial charge in [-0.15, -0.1) is 5.10 Å². The van der Waals surface area contributed by atoms with Crippen LogP contribution in [0.1, 0.15) is 5.69 Å². The fraction of sp³-hybridized carbons (Fsp3) is 0.500. The summed E-state index contributed by atoms with van der Waals surface area (Å²) in [5, 5.41) is 7.69. The van der Waals surface area contributed by atoms with Crippen molar-refractivity contribution >= 4 is 5.82 Å². The number of aryl methyl sites for hydroxylation is 2. The maximum absolute atomic E-state index is 5.35. The van der Waals surface area contributed by atoms with Crippen LogP contribution in [0, 0.1) is 6.92 Å². The third-order valence-corrected chi connectivity index (χ3v) is 0.918. The highest BCUT2D eigenvalue weighted by atomic mass is 15.5. The molecule has 0 fully saturated rings. The summed E-state index contributed by atoms with van der Waals surface area (Å²) in [6.45, 7) is 1.82. The van der Waals surface area contributed by atoms with Crippen LogP contribution in [0.15, 0.2) is 0 Å². The van der Waals surface area contributed by atoms with Crippen LogP contribution in [0.25, 0.3) is 0 Å². The van der Waals surface area contributed by atoms with Crippen LogP contribution in [0.3, 0.4) is 0 Å². The minimum atomic E-state index is 0.507. The molecule has 1 aromatic heterocycles. The molecule has 0 aliphatic rings. The van der Waals surface area contributed by atoms with E-state index in [1.165, 1.54) is 4.80 Å². The number of nitrogens with zero attached hydrogens (tertiary/aromatic N) is 3. The van der Waals surface area contributed by atoms with Crippen molar-refractivity contribution < 1.29 is 0 Å². The van der Waals surface area contributed by atoms with E-state index in [1.807, 2.05) is 6.92 Å². The number of hydrogen-bond donors (Lipinski definition) is 1. The van der Waals surface area contributed by atoms with Gasteiger partial charge in [0, 0.05) is 7.05 Å². The van der Waals surface area contributed by atoms with Gasteiger partial charge in [-0.25, -0.2) is 0 Å². The third kappa shape index (κ3) is 0.641. The summed E-state index contributed by atoms with van der Waals surface area (Å²) < 4.78 is 0. The lowest BCUT2D eigenvalue weighted by molar-refractivity contribution is 0.651. The van der Waals surface area contributed by atoms with E-state index in [0.29, 0.717) is 5.82 Å². The van der Waals surface area contributed by atoms with Gasteiger partial charge in [-0.05, 0) is 6.92 Å². The highest BCUT2D eigenvalue weighted by molar-refractivity contribution is 5.30. The third-order valence-electron chi connectivity index (χ3n) is 0.918. The van der Waals surface area contributed by atoms with Gasteiger partial charge in [-0.1, -0.05) is 0 Å².